The van der Waals surface area contributed by atoms with E-state index in [-0.39, 0.29) is 14.7 Å². The van der Waals surface area contributed by atoms with Crippen LogP contribution in [0.15, 0.2) is 21.7 Å². The van der Waals surface area contributed by atoms with Gasteiger partial charge in [0.25, 0.3) is 10.0 Å². The van der Waals surface area contributed by atoms with Crippen molar-refractivity contribution in [3.8, 4) is 0 Å². The van der Waals surface area contributed by atoms with Crippen LogP contribution in [0.3, 0.4) is 0 Å². The number of nitrogens with one attached hydrogen (secondary N) is 1. The topological polar surface area (TPSA) is 59.1 Å². The third-order valence-electron chi connectivity index (χ3n) is 2.73. The van der Waals surface area contributed by atoms with Crippen LogP contribution >= 0.6 is 34.3 Å². The highest BCUT2D eigenvalue weighted by Crippen LogP contribution is 2.30. The smallest absolute Gasteiger partial charge is 0.229 e. The fourth-order valence-corrected chi connectivity index (χ4v) is 5.77. The Morgan fingerprint density at radius 2 is 2.25 bits per heavy atom. The molecule has 110 valence electrons. The lowest BCUT2D eigenvalue weighted by Crippen LogP contribution is -2.28. The Labute approximate surface area is 131 Å². The Morgan fingerprint density at radius 3 is 2.75 bits per heavy atom. The number of halogens is 1. The lowest BCUT2D eigenvalue weighted by Gasteiger charge is -2.16. The molecule has 0 spiro atoms. The van der Waals surface area contributed by atoms with Crippen molar-refractivity contribution in [3.63, 3.8) is 0 Å². The largest absolute Gasteiger partial charge is 0.252 e. The molecule has 4 nitrogen and oxygen atoms in total. The van der Waals surface area contributed by atoms with E-state index in [1.54, 1.807) is 18.3 Å². The molecule has 1 unspecified atom stereocenters. The number of sulfonamides is 1. The number of aryl methyl sites for hydroxylation is 1. The van der Waals surface area contributed by atoms with E-state index in [4.69, 9.17) is 11.6 Å². The molecule has 2 heterocycles. The summed E-state index contributed by atoms with van der Waals surface area (Å²) in [5, 5.41) is 1.95. The minimum Gasteiger partial charge on any atom is -0.229 e. The van der Waals surface area contributed by atoms with Crippen LogP contribution in [0.4, 0.5) is 0 Å². The summed E-state index contributed by atoms with van der Waals surface area (Å²) in [6.45, 7) is 3.68. The number of thiazole rings is 1. The van der Waals surface area contributed by atoms with E-state index >= 15 is 0 Å². The minimum absolute atomic E-state index is 0.195. The van der Waals surface area contributed by atoms with Gasteiger partial charge in [0.2, 0.25) is 0 Å². The highest BCUT2D eigenvalue weighted by molar-refractivity contribution is 7.91. The molecule has 1 atom stereocenters. The van der Waals surface area contributed by atoms with E-state index in [0.29, 0.717) is 5.69 Å². The van der Waals surface area contributed by atoms with E-state index < -0.39 is 10.0 Å². The fourth-order valence-electron chi connectivity index (χ4n) is 1.88. The number of nitrogens with zero attached hydrogens (tertiary/aromatic N) is 1. The van der Waals surface area contributed by atoms with Crippen molar-refractivity contribution in [2.24, 2.45) is 0 Å². The van der Waals surface area contributed by atoms with Gasteiger partial charge in [-0.15, -0.1) is 11.3 Å². The van der Waals surface area contributed by atoms with Crippen LogP contribution < -0.4 is 4.72 Å². The molecule has 20 heavy (non-hydrogen) atoms. The number of hydrogen-bond donors (Lipinski definition) is 1. The van der Waals surface area contributed by atoms with Gasteiger partial charge in [0, 0.05) is 4.88 Å². The number of thiophene rings is 1. The molecular weight excluding hydrogens is 336 g/mol. The average Bonchev–Trinajstić information content (AvgIpc) is 2.98. The van der Waals surface area contributed by atoms with Gasteiger partial charge in [0.05, 0.1) is 11.7 Å². The molecule has 2 rings (SSSR count). The van der Waals surface area contributed by atoms with Crippen LogP contribution in [0, 0.1) is 6.92 Å². The Bertz CT molecular complexity index is 665. The normalized spacial score (nSPS) is 13.6. The maximum absolute atomic E-state index is 12.5. The zero-order valence-electron chi connectivity index (χ0n) is 11.1. The summed E-state index contributed by atoms with van der Waals surface area (Å²) in [5.74, 6) is 0. The average molecular weight is 351 g/mol. The van der Waals surface area contributed by atoms with Gasteiger partial charge in [-0.1, -0.05) is 42.3 Å². The predicted octanol–water partition coefficient (Wildman–Crippen LogP) is 3.99. The molecule has 0 aliphatic heterocycles. The Hall–Kier alpha value is -0.470. The van der Waals surface area contributed by atoms with Crippen molar-refractivity contribution in [1.82, 2.24) is 9.71 Å². The molecule has 0 amide bonds. The van der Waals surface area contributed by atoms with Gasteiger partial charge in [0.15, 0.2) is 8.68 Å². The molecule has 0 radical (unpaired) electrons. The monoisotopic (exact) mass is 350 g/mol. The van der Waals surface area contributed by atoms with Crippen molar-refractivity contribution in [1.29, 1.82) is 0 Å². The molecule has 0 saturated heterocycles. The summed E-state index contributed by atoms with van der Waals surface area (Å²) in [6, 6.07) is 3.66. The standard InChI is InChI=1S/C12H15ClN2O2S3/c1-3-5-9(10-6-4-7-18-10)15-20(16,17)11-8(2)14-12(13)19-11/h4,6-7,9,15H,3,5H2,1-2H3. The van der Waals surface area contributed by atoms with Crippen molar-refractivity contribution >= 4 is 44.3 Å². The SMILES string of the molecule is CCCC(NS(=O)(=O)c1sc(Cl)nc1C)c1cccs1. The summed E-state index contributed by atoms with van der Waals surface area (Å²) in [5.41, 5.74) is 0.439. The van der Waals surface area contributed by atoms with Crippen LogP contribution in [-0.2, 0) is 10.0 Å². The molecule has 0 aliphatic carbocycles. The van der Waals surface area contributed by atoms with Gasteiger partial charge in [0.1, 0.15) is 0 Å². The lowest BCUT2D eigenvalue weighted by molar-refractivity contribution is 0.541. The summed E-state index contributed by atoms with van der Waals surface area (Å²) in [4.78, 5) is 4.98. The molecule has 2 aromatic rings. The summed E-state index contributed by atoms with van der Waals surface area (Å²) >= 11 is 8.32. The molecule has 0 aliphatic rings. The minimum atomic E-state index is -3.59. The summed E-state index contributed by atoms with van der Waals surface area (Å²) < 4.78 is 28.1. The van der Waals surface area contributed by atoms with Crippen LogP contribution in [0.5, 0.6) is 0 Å². The number of rotatable bonds is 6. The van der Waals surface area contributed by atoms with Crippen molar-refractivity contribution in [3.05, 3.63) is 32.6 Å². The molecule has 0 saturated carbocycles. The lowest BCUT2D eigenvalue weighted by atomic mass is 10.1. The first-order chi connectivity index (χ1) is 9.44. The van der Waals surface area contributed by atoms with Crippen LogP contribution in [0.25, 0.3) is 0 Å². The first-order valence-corrected chi connectivity index (χ1v) is 9.68. The molecular formula is C12H15ClN2O2S3. The van der Waals surface area contributed by atoms with Gasteiger partial charge >= 0.3 is 0 Å². The molecule has 1 N–H and O–H groups in total. The second-order valence-corrected chi connectivity index (χ2v) is 8.79. The van der Waals surface area contributed by atoms with Crippen LogP contribution in [-0.4, -0.2) is 13.4 Å². The molecule has 0 bridgehead atoms. The van der Waals surface area contributed by atoms with Crippen LogP contribution in [0.1, 0.15) is 36.4 Å². The van der Waals surface area contributed by atoms with E-state index in [0.717, 1.165) is 29.1 Å². The highest BCUT2D eigenvalue weighted by Gasteiger charge is 2.25. The molecule has 2 aromatic heterocycles. The molecule has 8 heteroatoms. The first-order valence-electron chi connectivity index (χ1n) is 6.12. The fraction of sp³-hybridized carbons (Fsp3) is 0.417. The third-order valence-corrected chi connectivity index (χ3v) is 7.06. The van der Waals surface area contributed by atoms with Crippen LogP contribution in [0.2, 0.25) is 4.47 Å². The predicted molar refractivity (Wildman–Crippen MR) is 84.2 cm³/mol. The quantitative estimate of drug-likeness (QED) is 0.857. The van der Waals surface area contributed by atoms with E-state index in [1.807, 2.05) is 24.4 Å². The van der Waals surface area contributed by atoms with Crippen molar-refractivity contribution < 1.29 is 8.42 Å². The van der Waals surface area contributed by atoms with Gasteiger partial charge in [-0.3, -0.25) is 0 Å². The van der Waals surface area contributed by atoms with Gasteiger partial charge in [-0.25, -0.2) is 18.1 Å². The maximum Gasteiger partial charge on any atom is 0.252 e. The van der Waals surface area contributed by atoms with Gasteiger partial charge < -0.3 is 0 Å². The maximum atomic E-state index is 12.5. The second-order valence-electron chi connectivity index (χ2n) is 4.32. The van der Waals surface area contributed by atoms with E-state index in [2.05, 4.69) is 9.71 Å². The van der Waals surface area contributed by atoms with E-state index in [1.165, 1.54) is 0 Å². The summed E-state index contributed by atoms with van der Waals surface area (Å²) in [7, 11) is -3.59. The molecule has 0 aromatic carbocycles. The Balaban J connectivity index is 2.28. The Kier molecular flexibility index (Phi) is 5.19. The van der Waals surface area contributed by atoms with E-state index in [9.17, 15) is 8.42 Å². The zero-order chi connectivity index (χ0) is 14.8. The first kappa shape index (κ1) is 15.9. The number of aromatic nitrogens is 1. The highest BCUT2D eigenvalue weighted by atomic mass is 35.5. The summed E-state index contributed by atoms with van der Waals surface area (Å²) in [6.07, 6.45) is 1.65. The van der Waals surface area contributed by atoms with Crippen molar-refractivity contribution in [2.75, 3.05) is 0 Å². The molecule has 0 fully saturated rings. The third kappa shape index (κ3) is 3.59. The van der Waals surface area contributed by atoms with Gasteiger partial charge in [-0.2, -0.15) is 0 Å². The van der Waals surface area contributed by atoms with Gasteiger partial charge in [-0.05, 0) is 24.8 Å². The Morgan fingerprint density at radius 1 is 1.50 bits per heavy atom. The second kappa shape index (κ2) is 6.53. The number of hydrogen-bond acceptors (Lipinski definition) is 5. The van der Waals surface area contributed by atoms with Crippen molar-refractivity contribution in [2.45, 2.75) is 36.9 Å². The zero-order valence-corrected chi connectivity index (χ0v) is 14.3.